The first-order valence-electron chi connectivity index (χ1n) is 11.8. The van der Waals surface area contributed by atoms with Crippen molar-refractivity contribution in [1.29, 1.82) is 0 Å². The van der Waals surface area contributed by atoms with E-state index in [0.29, 0.717) is 23.3 Å². The van der Waals surface area contributed by atoms with E-state index >= 15 is 0 Å². The smallest absolute Gasteiger partial charge is 0.310 e. The number of esters is 1. The summed E-state index contributed by atoms with van der Waals surface area (Å²) in [5.41, 5.74) is 2.58. The van der Waals surface area contributed by atoms with Crippen LogP contribution < -0.4 is 4.74 Å². The number of phenols is 1. The third-order valence-electron chi connectivity index (χ3n) is 5.65. The van der Waals surface area contributed by atoms with Crippen LogP contribution >= 0.6 is 0 Å². The molecule has 0 saturated heterocycles. The molecule has 0 radical (unpaired) electrons. The Bertz CT molecular complexity index is 981. The molecule has 192 valence electrons. The van der Waals surface area contributed by atoms with Crippen molar-refractivity contribution in [2.75, 3.05) is 7.11 Å². The van der Waals surface area contributed by atoms with Crippen molar-refractivity contribution < 1.29 is 29.3 Å². The Morgan fingerprint density at radius 1 is 1.14 bits per heavy atom. The van der Waals surface area contributed by atoms with Crippen LogP contribution in [0.4, 0.5) is 0 Å². The summed E-state index contributed by atoms with van der Waals surface area (Å²) in [7, 11) is 1.32. The second-order valence-corrected chi connectivity index (χ2v) is 9.27. The molecule has 0 saturated carbocycles. The van der Waals surface area contributed by atoms with E-state index in [0.717, 1.165) is 24.8 Å². The Morgan fingerprint density at radius 3 is 2.43 bits per heavy atom. The van der Waals surface area contributed by atoms with Crippen LogP contribution in [0, 0.1) is 0 Å². The molecule has 2 atom stereocenters. The van der Waals surface area contributed by atoms with Gasteiger partial charge in [0.1, 0.15) is 23.2 Å². The normalized spacial score (nSPS) is 14.5. The van der Waals surface area contributed by atoms with Gasteiger partial charge in [-0.3, -0.25) is 9.59 Å². The van der Waals surface area contributed by atoms with Crippen molar-refractivity contribution in [3.63, 3.8) is 0 Å². The van der Waals surface area contributed by atoms with E-state index in [2.05, 4.69) is 19.6 Å². The van der Waals surface area contributed by atoms with Gasteiger partial charge in [0.05, 0.1) is 13.5 Å². The molecule has 1 aromatic carbocycles. The number of carbonyl (C=O) groups excluding carboxylic acids is 2. The Balaban J connectivity index is 2.73. The van der Waals surface area contributed by atoms with Crippen LogP contribution in [0.15, 0.2) is 65.8 Å². The molecule has 35 heavy (non-hydrogen) atoms. The molecule has 1 rings (SSSR count). The summed E-state index contributed by atoms with van der Waals surface area (Å²) in [6.45, 7) is 13.3. The second-order valence-electron chi connectivity index (χ2n) is 9.27. The van der Waals surface area contributed by atoms with E-state index in [9.17, 15) is 19.8 Å². The lowest BCUT2D eigenvalue weighted by Gasteiger charge is -2.28. The molecule has 2 N–H and O–H groups in total. The summed E-state index contributed by atoms with van der Waals surface area (Å²) in [4.78, 5) is 23.7. The molecule has 0 spiro atoms. The lowest BCUT2D eigenvalue weighted by atomic mass is 9.97. The lowest BCUT2D eigenvalue weighted by Crippen LogP contribution is -2.30. The van der Waals surface area contributed by atoms with E-state index in [4.69, 9.17) is 9.47 Å². The molecule has 0 bridgehead atoms. The van der Waals surface area contributed by atoms with Crippen LogP contribution in [0.2, 0.25) is 0 Å². The van der Waals surface area contributed by atoms with Crippen LogP contribution in [0.5, 0.6) is 11.5 Å². The number of ketones is 1. The zero-order valence-corrected chi connectivity index (χ0v) is 21.9. The number of aliphatic hydroxyl groups is 1. The van der Waals surface area contributed by atoms with E-state index in [1.54, 1.807) is 19.1 Å². The molecule has 0 amide bonds. The average molecular weight is 485 g/mol. The third kappa shape index (κ3) is 10.8. The lowest BCUT2D eigenvalue weighted by molar-refractivity contribution is -0.139. The standard InChI is InChI=1S/C29H40O6/c1-8-29(6,35-26-15-14-24(30)18-23(26)19-27(32)34-7)16-10-12-21(4)11-9-13-22(5)28(33)25(31)17-20(2)3/h8,12-15,17-18,28,30,33H,1,9-11,16,19H2,2-7H3/t28-,29-/m0/s1. The first kappa shape index (κ1) is 29.9. The molecule has 0 heterocycles. The average Bonchev–Trinajstić information content (AvgIpc) is 2.79. The van der Waals surface area contributed by atoms with Gasteiger partial charge in [0.2, 0.25) is 0 Å². The summed E-state index contributed by atoms with van der Waals surface area (Å²) >= 11 is 0. The van der Waals surface area contributed by atoms with Crippen LogP contribution in [0.1, 0.15) is 65.9 Å². The highest BCUT2D eigenvalue weighted by molar-refractivity contribution is 5.95. The molecule has 0 aliphatic heterocycles. The zero-order chi connectivity index (χ0) is 26.6. The summed E-state index contributed by atoms with van der Waals surface area (Å²) in [6.07, 6.45) is 9.11. The molecular weight excluding hydrogens is 444 g/mol. The highest BCUT2D eigenvalue weighted by atomic mass is 16.5. The van der Waals surface area contributed by atoms with Crippen molar-refractivity contribution in [2.24, 2.45) is 0 Å². The highest BCUT2D eigenvalue weighted by Gasteiger charge is 2.24. The molecule has 6 nitrogen and oxygen atoms in total. The molecule has 6 heteroatoms. The minimum absolute atomic E-state index is 0.00592. The first-order chi connectivity index (χ1) is 16.4. The number of phenolic OH excluding ortho intramolecular Hbond substituents is 1. The Kier molecular flexibility index (Phi) is 12.2. The van der Waals surface area contributed by atoms with E-state index in [1.165, 1.54) is 30.9 Å². The van der Waals surface area contributed by atoms with Gasteiger partial charge in [-0.25, -0.2) is 0 Å². The minimum atomic E-state index is -1.09. The second kappa shape index (κ2) is 14.3. The van der Waals surface area contributed by atoms with Gasteiger partial charge in [-0.2, -0.15) is 0 Å². The van der Waals surface area contributed by atoms with Gasteiger partial charge >= 0.3 is 5.97 Å². The molecule has 0 unspecified atom stereocenters. The van der Waals surface area contributed by atoms with Crippen molar-refractivity contribution >= 4 is 11.8 Å². The molecule has 0 aliphatic rings. The first-order valence-corrected chi connectivity index (χ1v) is 11.8. The molecule has 1 aromatic rings. The van der Waals surface area contributed by atoms with Gasteiger partial charge in [0.15, 0.2) is 5.78 Å². The number of aromatic hydroxyl groups is 1. The Labute approximate surface area is 209 Å². The van der Waals surface area contributed by atoms with Gasteiger partial charge in [-0.05, 0) is 96.2 Å². The van der Waals surface area contributed by atoms with E-state index in [1.807, 2.05) is 26.8 Å². The van der Waals surface area contributed by atoms with Crippen LogP contribution in [-0.4, -0.2) is 40.8 Å². The number of methoxy groups -OCH3 is 1. The Morgan fingerprint density at radius 2 is 1.83 bits per heavy atom. The molecule has 0 aliphatic carbocycles. The fourth-order valence-electron chi connectivity index (χ4n) is 3.41. The van der Waals surface area contributed by atoms with Crippen LogP contribution in [0.25, 0.3) is 0 Å². The topological polar surface area (TPSA) is 93.1 Å². The van der Waals surface area contributed by atoms with Gasteiger partial charge in [-0.15, -0.1) is 0 Å². The van der Waals surface area contributed by atoms with E-state index < -0.39 is 17.7 Å². The molecule has 0 fully saturated rings. The number of carbonyl (C=O) groups is 2. The Hall–Kier alpha value is -3.12. The SMILES string of the molecule is C=C[C@@](C)(CCC=C(C)CCC=C(C)[C@H](O)C(=O)C=C(C)C)Oc1ccc(O)cc1CC(=O)OC. The summed E-state index contributed by atoms with van der Waals surface area (Å²) in [5, 5.41) is 19.9. The van der Waals surface area contributed by atoms with E-state index in [-0.39, 0.29) is 18.0 Å². The predicted octanol–water partition coefficient (Wildman–Crippen LogP) is 5.78. The highest BCUT2D eigenvalue weighted by Crippen LogP contribution is 2.30. The maximum atomic E-state index is 12.0. The molecule has 0 aromatic heterocycles. The van der Waals surface area contributed by atoms with Crippen molar-refractivity contribution in [3.05, 3.63) is 71.4 Å². The summed E-state index contributed by atoms with van der Waals surface area (Å²) < 4.78 is 11.0. The number of allylic oxidation sites excluding steroid dienone is 4. The summed E-state index contributed by atoms with van der Waals surface area (Å²) in [6, 6.07) is 4.66. The van der Waals surface area contributed by atoms with Gasteiger partial charge in [0, 0.05) is 5.56 Å². The fourth-order valence-corrected chi connectivity index (χ4v) is 3.41. The van der Waals surface area contributed by atoms with Crippen molar-refractivity contribution in [3.8, 4) is 11.5 Å². The molecular formula is C29H40O6. The minimum Gasteiger partial charge on any atom is -0.508 e. The van der Waals surface area contributed by atoms with Gasteiger partial charge < -0.3 is 19.7 Å². The monoisotopic (exact) mass is 484 g/mol. The fraction of sp³-hybridized carbons (Fsp3) is 0.448. The largest absolute Gasteiger partial charge is 0.508 e. The zero-order valence-electron chi connectivity index (χ0n) is 21.9. The third-order valence-corrected chi connectivity index (χ3v) is 5.65. The summed E-state index contributed by atoms with van der Waals surface area (Å²) in [5.74, 6) is -0.165. The number of ether oxygens (including phenoxy) is 2. The maximum absolute atomic E-state index is 12.0. The number of hydrogen-bond donors (Lipinski definition) is 2. The maximum Gasteiger partial charge on any atom is 0.310 e. The van der Waals surface area contributed by atoms with Crippen LogP contribution in [-0.2, 0) is 20.7 Å². The van der Waals surface area contributed by atoms with Crippen molar-refractivity contribution in [1.82, 2.24) is 0 Å². The van der Waals surface area contributed by atoms with Crippen molar-refractivity contribution in [2.45, 2.75) is 78.4 Å². The number of rotatable bonds is 14. The predicted molar refractivity (Wildman–Crippen MR) is 139 cm³/mol. The number of benzene rings is 1. The van der Waals surface area contributed by atoms with Gasteiger partial charge in [-0.1, -0.05) is 29.9 Å². The number of aliphatic hydroxyl groups excluding tert-OH is 1. The number of hydrogen-bond acceptors (Lipinski definition) is 6. The van der Waals surface area contributed by atoms with Gasteiger partial charge in [0.25, 0.3) is 0 Å². The quantitative estimate of drug-likeness (QED) is 0.197. The van der Waals surface area contributed by atoms with Crippen LogP contribution in [0.3, 0.4) is 0 Å².